The van der Waals surface area contributed by atoms with Crippen LogP contribution in [0.5, 0.6) is 0 Å². The largest absolute Gasteiger partial charge is 0.395 e. The average molecular weight is 271 g/mol. The van der Waals surface area contributed by atoms with Gasteiger partial charge in [0.2, 0.25) is 5.95 Å². The van der Waals surface area contributed by atoms with Crippen molar-refractivity contribution in [2.24, 2.45) is 0 Å². The molecule has 0 aromatic carbocycles. The van der Waals surface area contributed by atoms with Gasteiger partial charge in [0, 0.05) is 19.1 Å². The molecule has 0 amide bonds. The highest BCUT2D eigenvalue weighted by molar-refractivity contribution is 6.32. The number of hydrogen-bond acceptors (Lipinski definition) is 5. The van der Waals surface area contributed by atoms with Gasteiger partial charge in [-0.1, -0.05) is 18.5 Å². The number of aliphatic hydroxyl groups excluding tert-OH is 1. The van der Waals surface area contributed by atoms with Crippen molar-refractivity contribution in [3.63, 3.8) is 0 Å². The number of aliphatic hydroxyl groups is 1. The van der Waals surface area contributed by atoms with E-state index in [4.69, 9.17) is 16.7 Å². The van der Waals surface area contributed by atoms with Gasteiger partial charge in [-0.15, -0.1) is 0 Å². The van der Waals surface area contributed by atoms with Crippen molar-refractivity contribution in [1.82, 2.24) is 9.97 Å². The van der Waals surface area contributed by atoms with E-state index >= 15 is 0 Å². The number of anilines is 2. The van der Waals surface area contributed by atoms with Gasteiger partial charge < -0.3 is 15.3 Å². The molecule has 100 valence electrons. The SMILES string of the molecule is CCCNc1ncc(Cl)c(N(CCO)C2CC2)n1. The Bertz CT molecular complexity index is 398. The van der Waals surface area contributed by atoms with Crippen molar-refractivity contribution in [3.8, 4) is 0 Å². The zero-order valence-corrected chi connectivity index (χ0v) is 11.3. The van der Waals surface area contributed by atoms with Crippen LogP contribution in [-0.4, -0.2) is 40.8 Å². The molecule has 1 aliphatic rings. The summed E-state index contributed by atoms with van der Waals surface area (Å²) >= 11 is 6.16. The average Bonchev–Trinajstić information content (AvgIpc) is 3.20. The molecule has 0 saturated heterocycles. The first kappa shape index (κ1) is 13.4. The van der Waals surface area contributed by atoms with Crippen LogP contribution in [0.15, 0.2) is 6.20 Å². The van der Waals surface area contributed by atoms with E-state index in [9.17, 15) is 0 Å². The van der Waals surface area contributed by atoms with Gasteiger partial charge in [-0.2, -0.15) is 4.98 Å². The fourth-order valence-corrected chi connectivity index (χ4v) is 2.04. The molecule has 18 heavy (non-hydrogen) atoms. The van der Waals surface area contributed by atoms with Crippen LogP contribution in [0.2, 0.25) is 5.02 Å². The van der Waals surface area contributed by atoms with E-state index in [-0.39, 0.29) is 6.61 Å². The van der Waals surface area contributed by atoms with Gasteiger partial charge in [0.05, 0.1) is 12.8 Å². The molecular weight excluding hydrogens is 252 g/mol. The van der Waals surface area contributed by atoms with E-state index in [1.807, 2.05) is 0 Å². The molecule has 1 heterocycles. The quantitative estimate of drug-likeness (QED) is 0.793. The summed E-state index contributed by atoms with van der Waals surface area (Å²) in [6, 6.07) is 0.462. The summed E-state index contributed by atoms with van der Waals surface area (Å²) in [6.45, 7) is 3.60. The summed E-state index contributed by atoms with van der Waals surface area (Å²) in [5, 5.41) is 12.8. The number of hydrogen-bond donors (Lipinski definition) is 2. The molecular formula is C12H19ClN4O. The van der Waals surface area contributed by atoms with Gasteiger partial charge in [0.15, 0.2) is 5.82 Å². The van der Waals surface area contributed by atoms with E-state index in [2.05, 4.69) is 27.1 Å². The van der Waals surface area contributed by atoms with Gasteiger partial charge in [-0.25, -0.2) is 4.98 Å². The Labute approximate surface area is 112 Å². The Morgan fingerprint density at radius 1 is 1.56 bits per heavy atom. The van der Waals surface area contributed by atoms with Crippen LogP contribution >= 0.6 is 11.6 Å². The van der Waals surface area contributed by atoms with E-state index in [0.717, 1.165) is 31.6 Å². The van der Waals surface area contributed by atoms with Gasteiger partial charge in [0.25, 0.3) is 0 Å². The van der Waals surface area contributed by atoms with E-state index in [1.54, 1.807) is 6.20 Å². The maximum absolute atomic E-state index is 9.13. The molecule has 0 radical (unpaired) electrons. The lowest BCUT2D eigenvalue weighted by Gasteiger charge is -2.23. The molecule has 0 spiro atoms. The maximum Gasteiger partial charge on any atom is 0.224 e. The molecule has 1 saturated carbocycles. The molecule has 5 nitrogen and oxygen atoms in total. The Hall–Kier alpha value is -1.07. The molecule has 0 atom stereocenters. The minimum Gasteiger partial charge on any atom is -0.395 e. The fraction of sp³-hybridized carbons (Fsp3) is 0.667. The van der Waals surface area contributed by atoms with E-state index < -0.39 is 0 Å². The van der Waals surface area contributed by atoms with Crippen molar-refractivity contribution in [1.29, 1.82) is 0 Å². The predicted octanol–water partition coefficient (Wildman–Crippen LogP) is 1.91. The highest BCUT2D eigenvalue weighted by atomic mass is 35.5. The molecule has 0 aliphatic heterocycles. The molecule has 1 aromatic rings. The van der Waals surface area contributed by atoms with Gasteiger partial charge in [0.1, 0.15) is 5.02 Å². The summed E-state index contributed by atoms with van der Waals surface area (Å²) in [5.41, 5.74) is 0. The normalized spacial score (nSPS) is 14.6. The third-order valence-corrected chi connectivity index (χ3v) is 3.13. The first-order chi connectivity index (χ1) is 8.76. The third-order valence-electron chi connectivity index (χ3n) is 2.86. The van der Waals surface area contributed by atoms with Crippen molar-refractivity contribution >= 4 is 23.4 Å². The van der Waals surface area contributed by atoms with Gasteiger partial charge in [-0.3, -0.25) is 0 Å². The molecule has 0 unspecified atom stereocenters. The van der Waals surface area contributed by atoms with Crippen molar-refractivity contribution < 1.29 is 5.11 Å². The van der Waals surface area contributed by atoms with Crippen LogP contribution in [0.1, 0.15) is 26.2 Å². The molecule has 2 N–H and O–H groups in total. The maximum atomic E-state index is 9.13. The highest BCUT2D eigenvalue weighted by Crippen LogP contribution is 2.34. The lowest BCUT2D eigenvalue weighted by atomic mass is 10.4. The zero-order valence-electron chi connectivity index (χ0n) is 10.6. The molecule has 1 aliphatic carbocycles. The zero-order chi connectivity index (χ0) is 13.0. The minimum atomic E-state index is 0.106. The standard InChI is InChI=1S/C12H19ClN4O/c1-2-5-14-12-15-8-10(13)11(16-12)17(6-7-18)9-3-4-9/h8-9,18H,2-7H2,1H3,(H,14,15,16). The van der Waals surface area contributed by atoms with Crippen LogP contribution in [-0.2, 0) is 0 Å². The van der Waals surface area contributed by atoms with Crippen molar-refractivity contribution in [2.45, 2.75) is 32.2 Å². The van der Waals surface area contributed by atoms with Crippen LogP contribution in [0.25, 0.3) is 0 Å². The number of halogens is 1. The Kier molecular flexibility index (Phi) is 4.60. The third kappa shape index (κ3) is 3.23. The van der Waals surface area contributed by atoms with Gasteiger partial charge >= 0.3 is 0 Å². The van der Waals surface area contributed by atoms with Crippen LogP contribution in [0, 0.1) is 0 Å². The molecule has 2 rings (SSSR count). The number of aromatic nitrogens is 2. The second-order valence-electron chi connectivity index (χ2n) is 4.44. The summed E-state index contributed by atoms with van der Waals surface area (Å²) in [4.78, 5) is 10.7. The number of nitrogens with zero attached hydrogens (tertiary/aromatic N) is 3. The minimum absolute atomic E-state index is 0.106. The van der Waals surface area contributed by atoms with Crippen molar-refractivity contribution in [3.05, 3.63) is 11.2 Å². The first-order valence-electron chi connectivity index (χ1n) is 6.40. The monoisotopic (exact) mass is 270 g/mol. The Morgan fingerprint density at radius 2 is 2.33 bits per heavy atom. The van der Waals surface area contributed by atoms with Crippen molar-refractivity contribution in [2.75, 3.05) is 29.9 Å². The van der Waals surface area contributed by atoms with E-state index in [1.165, 1.54) is 0 Å². The summed E-state index contributed by atoms with van der Waals surface area (Å²) < 4.78 is 0. The molecule has 1 aromatic heterocycles. The summed E-state index contributed by atoms with van der Waals surface area (Å²) in [5.74, 6) is 1.32. The molecule has 0 bridgehead atoms. The molecule has 6 heteroatoms. The topological polar surface area (TPSA) is 61.3 Å². The number of nitrogens with one attached hydrogen (secondary N) is 1. The molecule has 1 fully saturated rings. The van der Waals surface area contributed by atoms with Crippen LogP contribution < -0.4 is 10.2 Å². The lowest BCUT2D eigenvalue weighted by Crippen LogP contribution is -2.30. The highest BCUT2D eigenvalue weighted by Gasteiger charge is 2.31. The Balaban J connectivity index is 2.17. The Morgan fingerprint density at radius 3 is 2.94 bits per heavy atom. The smallest absolute Gasteiger partial charge is 0.224 e. The van der Waals surface area contributed by atoms with Crippen LogP contribution in [0.3, 0.4) is 0 Å². The predicted molar refractivity (Wildman–Crippen MR) is 73.3 cm³/mol. The lowest BCUT2D eigenvalue weighted by molar-refractivity contribution is 0.301. The van der Waals surface area contributed by atoms with Gasteiger partial charge in [-0.05, 0) is 19.3 Å². The summed E-state index contributed by atoms with van der Waals surface area (Å²) in [6.07, 6.45) is 4.91. The first-order valence-corrected chi connectivity index (χ1v) is 6.78. The van der Waals surface area contributed by atoms with Crippen LogP contribution in [0.4, 0.5) is 11.8 Å². The second-order valence-corrected chi connectivity index (χ2v) is 4.85. The fourth-order valence-electron chi connectivity index (χ4n) is 1.84. The second kappa shape index (κ2) is 6.20. The number of rotatable bonds is 7. The summed E-state index contributed by atoms with van der Waals surface area (Å²) in [7, 11) is 0. The van der Waals surface area contributed by atoms with E-state index in [0.29, 0.717) is 23.6 Å².